The predicted octanol–water partition coefficient (Wildman–Crippen LogP) is 4.37. The minimum Gasteiger partial charge on any atom is -0.497 e. The Morgan fingerprint density at radius 2 is 1.47 bits per heavy atom. The molecule has 1 amide bonds. The number of rotatable bonds is 8. The van der Waals surface area contributed by atoms with Crippen molar-refractivity contribution in [2.24, 2.45) is 0 Å². The molecule has 3 aromatic rings. The number of benzene rings is 3. The van der Waals surface area contributed by atoms with Gasteiger partial charge >= 0.3 is 0 Å². The molecule has 0 saturated heterocycles. The van der Waals surface area contributed by atoms with Gasteiger partial charge in [0, 0.05) is 30.8 Å². The Bertz CT molecular complexity index is 1170. The molecule has 0 heterocycles. The molecule has 7 nitrogen and oxygen atoms in total. The quantitative estimate of drug-likeness (QED) is 0.546. The van der Waals surface area contributed by atoms with E-state index in [9.17, 15) is 13.2 Å². The van der Waals surface area contributed by atoms with E-state index in [1.165, 1.54) is 37.6 Å². The number of nitrogens with zero attached hydrogens (tertiary/aromatic N) is 1. The van der Waals surface area contributed by atoms with Gasteiger partial charge in [0.15, 0.2) is 0 Å². The molecular weight excluding hydrogens is 428 g/mol. The van der Waals surface area contributed by atoms with E-state index in [1.807, 2.05) is 31.2 Å². The molecule has 0 fully saturated rings. The molecule has 3 rings (SSSR count). The molecule has 0 spiro atoms. The van der Waals surface area contributed by atoms with E-state index in [2.05, 4.69) is 5.32 Å². The highest BCUT2D eigenvalue weighted by Gasteiger charge is 2.26. The maximum atomic E-state index is 13.7. The molecule has 0 aromatic heterocycles. The van der Waals surface area contributed by atoms with Gasteiger partial charge in [0.2, 0.25) is 5.91 Å². The summed E-state index contributed by atoms with van der Waals surface area (Å²) in [5.74, 6) is 0.721. The molecule has 0 atom stereocenters. The zero-order chi connectivity index (χ0) is 23.3. The van der Waals surface area contributed by atoms with E-state index in [1.54, 1.807) is 30.3 Å². The van der Waals surface area contributed by atoms with Crippen LogP contribution in [0, 0.1) is 6.92 Å². The van der Waals surface area contributed by atoms with Crippen molar-refractivity contribution < 1.29 is 22.7 Å². The van der Waals surface area contributed by atoms with E-state index in [0.29, 0.717) is 22.9 Å². The minimum absolute atomic E-state index is 0.0977. The Kier molecular flexibility index (Phi) is 7.05. The van der Waals surface area contributed by atoms with Crippen LogP contribution in [0.4, 0.5) is 11.4 Å². The van der Waals surface area contributed by atoms with E-state index in [0.717, 1.165) is 11.1 Å². The molecule has 1 N–H and O–H groups in total. The second kappa shape index (κ2) is 9.74. The van der Waals surface area contributed by atoms with Gasteiger partial charge in [-0.25, -0.2) is 8.42 Å². The summed E-state index contributed by atoms with van der Waals surface area (Å²) in [5, 5.41) is 2.64. The Morgan fingerprint density at radius 1 is 0.906 bits per heavy atom. The van der Waals surface area contributed by atoms with E-state index < -0.39 is 10.0 Å². The highest BCUT2D eigenvalue weighted by atomic mass is 32.2. The molecule has 0 aliphatic carbocycles. The first-order valence-electron chi connectivity index (χ1n) is 9.92. The van der Waals surface area contributed by atoms with Crippen LogP contribution in [0.15, 0.2) is 71.6 Å². The van der Waals surface area contributed by atoms with Gasteiger partial charge in [0.25, 0.3) is 10.0 Å². The van der Waals surface area contributed by atoms with Crippen molar-refractivity contribution >= 4 is 27.3 Å². The van der Waals surface area contributed by atoms with E-state index in [4.69, 9.17) is 9.47 Å². The summed E-state index contributed by atoms with van der Waals surface area (Å²) in [6.45, 7) is 3.48. The summed E-state index contributed by atoms with van der Waals surface area (Å²) in [6, 6.07) is 18.7. The van der Waals surface area contributed by atoms with E-state index >= 15 is 0 Å². The van der Waals surface area contributed by atoms with Crippen LogP contribution >= 0.6 is 0 Å². The number of sulfonamides is 1. The number of hydrogen-bond donors (Lipinski definition) is 1. The van der Waals surface area contributed by atoms with Crippen LogP contribution in [0.1, 0.15) is 18.1 Å². The largest absolute Gasteiger partial charge is 0.497 e. The fourth-order valence-electron chi connectivity index (χ4n) is 3.15. The summed E-state index contributed by atoms with van der Waals surface area (Å²) >= 11 is 0. The summed E-state index contributed by atoms with van der Waals surface area (Å²) < 4.78 is 39.4. The van der Waals surface area contributed by atoms with Crippen LogP contribution < -0.4 is 19.1 Å². The van der Waals surface area contributed by atoms with Gasteiger partial charge in [0.05, 0.1) is 31.3 Å². The molecule has 8 heteroatoms. The van der Waals surface area contributed by atoms with Gasteiger partial charge in [0.1, 0.15) is 11.5 Å². The third-order valence-electron chi connectivity index (χ3n) is 4.83. The second-order valence-corrected chi connectivity index (χ2v) is 9.14. The van der Waals surface area contributed by atoms with Crippen LogP contribution in [0.3, 0.4) is 0 Å². The first-order valence-corrected chi connectivity index (χ1v) is 11.4. The number of aryl methyl sites for hydroxylation is 1. The Morgan fingerprint density at radius 3 is 1.97 bits per heavy atom. The normalized spacial score (nSPS) is 11.0. The summed E-state index contributed by atoms with van der Waals surface area (Å²) in [6.07, 6.45) is 0. The van der Waals surface area contributed by atoms with Crippen LogP contribution in [-0.2, 0) is 21.4 Å². The topological polar surface area (TPSA) is 84.9 Å². The van der Waals surface area contributed by atoms with Crippen LogP contribution in [-0.4, -0.2) is 28.5 Å². The van der Waals surface area contributed by atoms with Crippen LogP contribution in [0.2, 0.25) is 0 Å². The molecular formula is C24H26N2O5S. The average Bonchev–Trinajstić information content (AvgIpc) is 2.78. The number of nitrogens with one attached hydrogen (secondary N) is 1. The van der Waals surface area contributed by atoms with Crippen molar-refractivity contribution in [3.8, 4) is 11.5 Å². The van der Waals surface area contributed by atoms with Gasteiger partial charge in [-0.2, -0.15) is 0 Å². The molecule has 0 bridgehead atoms. The highest BCUT2D eigenvalue weighted by molar-refractivity contribution is 7.92. The predicted molar refractivity (Wildman–Crippen MR) is 125 cm³/mol. The van der Waals surface area contributed by atoms with Gasteiger partial charge in [-0.15, -0.1) is 0 Å². The molecule has 0 unspecified atom stereocenters. The number of carbonyl (C=O) groups excluding carboxylic acids is 1. The summed E-state index contributed by atoms with van der Waals surface area (Å²) in [5.41, 5.74) is 2.84. The van der Waals surface area contributed by atoms with Crippen molar-refractivity contribution in [2.45, 2.75) is 25.3 Å². The summed E-state index contributed by atoms with van der Waals surface area (Å²) in [4.78, 5) is 11.4. The molecule has 0 aliphatic rings. The maximum absolute atomic E-state index is 13.7. The third kappa shape index (κ3) is 5.39. The van der Waals surface area contributed by atoms with Crippen molar-refractivity contribution in [3.63, 3.8) is 0 Å². The van der Waals surface area contributed by atoms with Crippen LogP contribution in [0.25, 0.3) is 0 Å². The Hall–Kier alpha value is -3.52. The average molecular weight is 455 g/mol. The fourth-order valence-corrected chi connectivity index (χ4v) is 4.59. The first-order chi connectivity index (χ1) is 15.2. The number of methoxy groups -OCH3 is 2. The number of carbonyl (C=O) groups is 1. The minimum atomic E-state index is -3.95. The molecule has 168 valence electrons. The molecule has 32 heavy (non-hydrogen) atoms. The number of hydrogen-bond acceptors (Lipinski definition) is 5. The van der Waals surface area contributed by atoms with Crippen LogP contribution in [0.5, 0.6) is 11.5 Å². The number of amides is 1. The lowest BCUT2D eigenvalue weighted by Crippen LogP contribution is -2.30. The lowest BCUT2D eigenvalue weighted by atomic mass is 10.1. The highest BCUT2D eigenvalue weighted by Crippen LogP contribution is 2.33. The zero-order valence-electron chi connectivity index (χ0n) is 18.5. The summed E-state index contributed by atoms with van der Waals surface area (Å²) in [7, 11) is -0.924. The standard InChI is InChI=1S/C24H26N2O5S/c1-17-5-7-19(8-6-17)16-26(21-13-22(30-3)15-23(14-21)31-4)32(28,29)24-11-9-20(10-12-24)25-18(2)27/h5-15H,16H2,1-4H3,(H,25,27). The van der Waals surface area contributed by atoms with Crippen molar-refractivity contribution in [1.82, 2.24) is 0 Å². The van der Waals surface area contributed by atoms with Crippen molar-refractivity contribution in [2.75, 3.05) is 23.8 Å². The monoisotopic (exact) mass is 454 g/mol. The third-order valence-corrected chi connectivity index (χ3v) is 6.62. The first kappa shape index (κ1) is 23.1. The Labute approximate surface area is 188 Å². The number of ether oxygens (including phenoxy) is 2. The smallest absolute Gasteiger partial charge is 0.264 e. The lowest BCUT2D eigenvalue weighted by molar-refractivity contribution is -0.114. The molecule has 0 saturated carbocycles. The fraction of sp³-hybridized carbons (Fsp3) is 0.208. The van der Waals surface area contributed by atoms with E-state index in [-0.39, 0.29) is 17.3 Å². The SMILES string of the molecule is COc1cc(OC)cc(N(Cc2ccc(C)cc2)S(=O)(=O)c2ccc(NC(C)=O)cc2)c1. The number of anilines is 2. The molecule has 0 aliphatic heterocycles. The van der Waals surface area contributed by atoms with Gasteiger partial charge in [-0.1, -0.05) is 29.8 Å². The molecule has 3 aromatic carbocycles. The molecule has 0 radical (unpaired) electrons. The Balaban J connectivity index is 2.08. The van der Waals surface area contributed by atoms with Crippen molar-refractivity contribution in [3.05, 3.63) is 77.9 Å². The zero-order valence-corrected chi connectivity index (χ0v) is 19.3. The lowest BCUT2D eigenvalue weighted by Gasteiger charge is -2.26. The van der Waals surface area contributed by atoms with Gasteiger partial charge < -0.3 is 14.8 Å². The van der Waals surface area contributed by atoms with Gasteiger partial charge in [-0.05, 0) is 36.8 Å². The van der Waals surface area contributed by atoms with Gasteiger partial charge in [-0.3, -0.25) is 9.10 Å². The maximum Gasteiger partial charge on any atom is 0.264 e. The van der Waals surface area contributed by atoms with Crippen molar-refractivity contribution in [1.29, 1.82) is 0 Å². The second-order valence-electron chi connectivity index (χ2n) is 7.27.